The molecule has 0 bridgehead atoms. The van der Waals surface area contributed by atoms with E-state index in [0.717, 1.165) is 44.9 Å². The summed E-state index contributed by atoms with van der Waals surface area (Å²) in [4.78, 5) is 23.0. The van der Waals surface area contributed by atoms with Crippen LogP contribution in [-0.2, 0) is 27.9 Å². The highest BCUT2D eigenvalue weighted by molar-refractivity contribution is 7.47. The second-order valence-corrected chi connectivity index (χ2v) is 19.3. The molecule has 0 spiro atoms. The van der Waals surface area contributed by atoms with Gasteiger partial charge in [0.15, 0.2) is 0 Å². The van der Waals surface area contributed by atoms with Gasteiger partial charge in [0.25, 0.3) is 0 Å². The molecule has 1 N–H and O–H groups in total. The predicted octanol–water partition coefficient (Wildman–Crippen LogP) is 15.1. The molecule has 0 aliphatic carbocycles. The molecule has 0 saturated carbocycles. The number of hydrogen-bond donors (Lipinski definition) is 1. The molecular formula is C51H97NO7P+. The number of carbonyl (C=O) groups is 1. The highest BCUT2D eigenvalue weighted by atomic mass is 31.2. The summed E-state index contributed by atoms with van der Waals surface area (Å²) in [6.07, 6.45) is 54.3. The zero-order valence-corrected chi connectivity index (χ0v) is 40.8. The third-order valence-electron chi connectivity index (χ3n) is 10.6. The first-order valence-electron chi connectivity index (χ1n) is 24.9. The van der Waals surface area contributed by atoms with Gasteiger partial charge in [0.1, 0.15) is 19.3 Å². The fraction of sp³-hybridized carbons (Fsp3) is 0.824. The highest BCUT2D eigenvalue weighted by Gasteiger charge is 2.26. The first-order valence-corrected chi connectivity index (χ1v) is 26.4. The summed E-state index contributed by atoms with van der Waals surface area (Å²) in [7, 11) is 1.66. The van der Waals surface area contributed by atoms with E-state index in [1.54, 1.807) is 0 Å². The Morgan fingerprint density at radius 3 is 1.38 bits per heavy atom. The van der Waals surface area contributed by atoms with Crippen LogP contribution in [0.5, 0.6) is 0 Å². The fourth-order valence-electron chi connectivity index (χ4n) is 6.73. The number of rotatable bonds is 46. The van der Waals surface area contributed by atoms with Crippen molar-refractivity contribution >= 4 is 13.8 Å². The van der Waals surface area contributed by atoms with Crippen molar-refractivity contribution in [2.75, 3.05) is 54.1 Å². The average Bonchev–Trinajstić information content (AvgIpc) is 3.20. The Balaban J connectivity index is 4.18. The molecule has 60 heavy (non-hydrogen) atoms. The Labute approximate surface area is 371 Å². The molecule has 0 aromatic heterocycles. The van der Waals surface area contributed by atoms with Gasteiger partial charge >= 0.3 is 13.8 Å². The van der Waals surface area contributed by atoms with Crippen LogP contribution in [0.25, 0.3) is 0 Å². The summed E-state index contributed by atoms with van der Waals surface area (Å²) in [5.41, 5.74) is 0. The van der Waals surface area contributed by atoms with Gasteiger partial charge in [0.05, 0.1) is 34.4 Å². The van der Waals surface area contributed by atoms with Crippen LogP contribution in [-0.4, -0.2) is 75.6 Å². The van der Waals surface area contributed by atoms with E-state index < -0.39 is 13.9 Å². The zero-order chi connectivity index (χ0) is 44.1. The summed E-state index contributed by atoms with van der Waals surface area (Å²) in [6.45, 7) is 5.58. The molecule has 0 aromatic carbocycles. The van der Waals surface area contributed by atoms with Gasteiger partial charge in [-0.05, 0) is 77.0 Å². The van der Waals surface area contributed by atoms with Crippen LogP contribution in [0.2, 0.25) is 0 Å². The molecule has 2 unspecified atom stereocenters. The summed E-state index contributed by atoms with van der Waals surface area (Å²) in [5.74, 6) is -0.320. The highest BCUT2D eigenvalue weighted by Crippen LogP contribution is 2.43. The molecule has 0 aliphatic rings. The SMILES string of the molecule is CCCCC/C=C\C/C=C\CCCCCCCCCCCC(=O)OC(COCCCCCCCCCC/C=C\C/C=C\CCCCCC)COP(=O)(O)OCC[N+](C)(C)C. The van der Waals surface area contributed by atoms with Gasteiger partial charge in [0, 0.05) is 13.0 Å². The molecule has 0 rings (SSSR count). The maximum atomic E-state index is 12.7. The fourth-order valence-corrected chi connectivity index (χ4v) is 7.47. The van der Waals surface area contributed by atoms with Crippen molar-refractivity contribution in [1.29, 1.82) is 0 Å². The van der Waals surface area contributed by atoms with E-state index in [0.29, 0.717) is 24.1 Å². The first kappa shape index (κ1) is 58.5. The molecular weight excluding hydrogens is 770 g/mol. The number of allylic oxidation sites excluding steroid dienone is 8. The lowest BCUT2D eigenvalue weighted by molar-refractivity contribution is -0.870. The summed E-state index contributed by atoms with van der Waals surface area (Å²) in [5, 5.41) is 0. The molecule has 2 atom stereocenters. The molecule has 0 fully saturated rings. The van der Waals surface area contributed by atoms with Gasteiger partial charge in [-0.3, -0.25) is 13.8 Å². The van der Waals surface area contributed by atoms with E-state index in [1.807, 2.05) is 21.1 Å². The Bertz CT molecular complexity index is 1100. The molecule has 0 radical (unpaired) electrons. The van der Waals surface area contributed by atoms with Gasteiger partial charge in [-0.2, -0.15) is 0 Å². The van der Waals surface area contributed by atoms with Crippen LogP contribution >= 0.6 is 7.82 Å². The minimum atomic E-state index is -4.28. The lowest BCUT2D eigenvalue weighted by Gasteiger charge is -2.24. The van der Waals surface area contributed by atoms with Crippen LogP contribution in [0, 0.1) is 0 Å². The van der Waals surface area contributed by atoms with E-state index in [1.165, 1.54) is 148 Å². The zero-order valence-electron chi connectivity index (χ0n) is 39.9. The van der Waals surface area contributed by atoms with Crippen LogP contribution in [0.1, 0.15) is 213 Å². The third-order valence-corrected chi connectivity index (χ3v) is 11.6. The molecule has 8 nitrogen and oxygen atoms in total. The van der Waals surface area contributed by atoms with Gasteiger partial charge in [-0.15, -0.1) is 0 Å². The van der Waals surface area contributed by atoms with E-state index in [2.05, 4.69) is 62.5 Å². The smallest absolute Gasteiger partial charge is 0.457 e. The minimum absolute atomic E-state index is 0.0855. The number of carbonyl (C=O) groups excluding carboxylic acids is 1. The number of quaternary nitrogens is 1. The monoisotopic (exact) mass is 867 g/mol. The van der Waals surface area contributed by atoms with Crippen molar-refractivity contribution in [3.63, 3.8) is 0 Å². The quantitative estimate of drug-likeness (QED) is 0.0214. The van der Waals surface area contributed by atoms with Crippen molar-refractivity contribution in [2.24, 2.45) is 0 Å². The summed E-state index contributed by atoms with van der Waals surface area (Å²) >= 11 is 0. The number of likely N-dealkylation sites (N-methyl/N-ethyl adjacent to an activating group) is 1. The number of esters is 1. The minimum Gasteiger partial charge on any atom is -0.457 e. The number of phosphoric ester groups is 1. The van der Waals surface area contributed by atoms with E-state index >= 15 is 0 Å². The molecule has 0 aliphatic heterocycles. The largest absolute Gasteiger partial charge is 0.472 e. The lowest BCUT2D eigenvalue weighted by Crippen LogP contribution is -2.37. The number of ether oxygens (including phenoxy) is 2. The summed E-state index contributed by atoms with van der Waals surface area (Å²) in [6, 6.07) is 0. The molecule has 352 valence electrons. The van der Waals surface area contributed by atoms with Crippen LogP contribution in [0.3, 0.4) is 0 Å². The Hall–Kier alpha value is -1.54. The number of unbranched alkanes of at least 4 members (excludes halogenated alkanes) is 24. The Kier molecular flexibility index (Phi) is 43.0. The second-order valence-electron chi connectivity index (χ2n) is 17.8. The van der Waals surface area contributed by atoms with Crippen LogP contribution < -0.4 is 0 Å². The average molecular weight is 867 g/mol. The normalized spacial score (nSPS) is 14.0. The number of hydrogen-bond acceptors (Lipinski definition) is 6. The number of phosphoric acid groups is 1. The Morgan fingerprint density at radius 1 is 0.517 bits per heavy atom. The van der Waals surface area contributed by atoms with E-state index in [4.69, 9.17) is 18.5 Å². The van der Waals surface area contributed by atoms with Crippen molar-refractivity contribution in [3.8, 4) is 0 Å². The third kappa shape index (κ3) is 47.5. The van der Waals surface area contributed by atoms with E-state index in [-0.39, 0.29) is 25.8 Å². The number of nitrogens with zero attached hydrogens (tertiary/aromatic N) is 1. The summed E-state index contributed by atoms with van der Waals surface area (Å²) < 4.78 is 35.1. The van der Waals surface area contributed by atoms with Gasteiger partial charge < -0.3 is 18.9 Å². The maximum absolute atomic E-state index is 12.7. The second kappa shape index (κ2) is 44.1. The topological polar surface area (TPSA) is 91.3 Å². The first-order chi connectivity index (χ1) is 29.1. The molecule has 0 saturated heterocycles. The maximum Gasteiger partial charge on any atom is 0.472 e. The molecule has 0 aromatic rings. The van der Waals surface area contributed by atoms with Crippen molar-refractivity contribution < 1.29 is 37.3 Å². The van der Waals surface area contributed by atoms with Crippen LogP contribution in [0.15, 0.2) is 48.6 Å². The van der Waals surface area contributed by atoms with E-state index in [9.17, 15) is 14.3 Å². The van der Waals surface area contributed by atoms with Crippen molar-refractivity contribution in [1.82, 2.24) is 0 Å². The van der Waals surface area contributed by atoms with Gasteiger partial charge in [-0.1, -0.05) is 178 Å². The van der Waals surface area contributed by atoms with Gasteiger partial charge in [0.2, 0.25) is 0 Å². The predicted molar refractivity (Wildman–Crippen MR) is 256 cm³/mol. The molecule has 0 amide bonds. The van der Waals surface area contributed by atoms with Crippen LogP contribution in [0.4, 0.5) is 0 Å². The van der Waals surface area contributed by atoms with Crippen molar-refractivity contribution in [3.05, 3.63) is 48.6 Å². The van der Waals surface area contributed by atoms with Crippen molar-refractivity contribution in [2.45, 2.75) is 219 Å². The van der Waals surface area contributed by atoms with Gasteiger partial charge in [-0.25, -0.2) is 4.57 Å². The molecule has 9 heteroatoms. The Morgan fingerprint density at radius 2 is 0.917 bits per heavy atom. The molecule has 0 heterocycles. The lowest BCUT2D eigenvalue weighted by atomic mass is 10.1. The standard InChI is InChI=1S/C51H96NO7P/c1-6-8-10-12-14-16-18-20-22-24-26-28-30-32-34-36-38-40-42-44-51(53)59-50(49-58-60(54,55)57-47-45-52(3,4)5)48-56-46-43-41-39-37-35-33-31-29-27-25-23-21-19-17-15-13-11-9-7-2/h14,16-17,19-20,22-23,25,50H,6-13,15,18,21,24,26-49H2,1-5H3/p+1/b16-14-,19-17-,22-20-,25-23-.